The molecular weight excluding hydrogens is 396 g/mol. The number of hydrogen-bond acceptors (Lipinski definition) is 3. The first kappa shape index (κ1) is 19.2. The Morgan fingerprint density at radius 2 is 1.62 bits per heavy atom. The summed E-state index contributed by atoms with van der Waals surface area (Å²) in [6.07, 6.45) is 4.99. The van der Waals surface area contributed by atoms with Crippen LogP contribution in [-0.4, -0.2) is 38.4 Å². The predicted octanol–water partition coefficient (Wildman–Crippen LogP) is 5.02. The van der Waals surface area contributed by atoms with Gasteiger partial charge in [-0.25, -0.2) is 9.97 Å². The molecule has 0 spiro atoms. The zero-order chi connectivity index (χ0) is 21.5. The summed E-state index contributed by atoms with van der Waals surface area (Å²) < 4.78 is 2.30. The van der Waals surface area contributed by atoms with Gasteiger partial charge in [-0.3, -0.25) is 4.79 Å². The minimum absolute atomic E-state index is 0.297. The Labute approximate surface area is 187 Å². The molecule has 2 fully saturated rings. The first-order chi connectivity index (χ1) is 15.8. The summed E-state index contributed by atoms with van der Waals surface area (Å²) >= 11 is 0. The second-order valence-corrected chi connectivity index (χ2v) is 9.05. The molecule has 1 aliphatic heterocycles. The van der Waals surface area contributed by atoms with Gasteiger partial charge in [-0.2, -0.15) is 0 Å². The van der Waals surface area contributed by atoms with Gasteiger partial charge < -0.3 is 9.47 Å². The number of amides is 1. The van der Waals surface area contributed by atoms with E-state index in [1.165, 1.54) is 11.1 Å². The number of benzene rings is 2. The third kappa shape index (κ3) is 3.58. The molecule has 2 aromatic carbocycles. The number of likely N-dealkylation sites (tertiary alicyclic amines) is 1. The fraction of sp³-hybridized carbons (Fsp3) is 0.296. The Balaban J connectivity index is 1.30. The van der Waals surface area contributed by atoms with Crippen molar-refractivity contribution in [2.75, 3.05) is 13.1 Å². The van der Waals surface area contributed by atoms with Crippen molar-refractivity contribution in [3.05, 3.63) is 72.9 Å². The van der Waals surface area contributed by atoms with Crippen molar-refractivity contribution in [2.24, 2.45) is 11.8 Å². The molecule has 6 rings (SSSR count). The smallest absolute Gasteiger partial charge is 0.225 e. The summed E-state index contributed by atoms with van der Waals surface area (Å²) in [6, 6.07) is 23.1. The Morgan fingerprint density at radius 1 is 0.875 bits per heavy atom. The molecule has 160 valence electrons. The van der Waals surface area contributed by atoms with Crippen LogP contribution in [0, 0.1) is 11.8 Å². The van der Waals surface area contributed by atoms with Gasteiger partial charge in [0.25, 0.3) is 0 Å². The summed E-state index contributed by atoms with van der Waals surface area (Å²) in [4.78, 5) is 24.0. The van der Waals surface area contributed by atoms with E-state index in [9.17, 15) is 4.79 Å². The number of aromatic nitrogens is 3. The van der Waals surface area contributed by atoms with Crippen LogP contribution in [0.15, 0.2) is 72.9 Å². The first-order valence-electron chi connectivity index (χ1n) is 11.5. The minimum atomic E-state index is 0.297. The van der Waals surface area contributed by atoms with Gasteiger partial charge in [0.2, 0.25) is 5.91 Å². The van der Waals surface area contributed by atoms with Crippen LogP contribution in [0.3, 0.4) is 0 Å². The molecule has 32 heavy (non-hydrogen) atoms. The van der Waals surface area contributed by atoms with E-state index in [1.807, 2.05) is 12.1 Å². The summed E-state index contributed by atoms with van der Waals surface area (Å²) in [5, 5.41) is 0. The SMILES string of the molecule is O=C(C1CC1)N1CCC(Cn2c(-c3ccc(-c4ccccc4)cc3)nc3ncccc32)C1. The highest BCUT2D eigenvalue weighted by atomic mass is 16.2. The zero-order valence-corrected chi connectivity index (χ0v) is 18.0. The molecule has 0 N–H and O–H groups in total. The molecule has 1 saturated heterocycles. The van der Waals surface area contributed by atoms with E-state index in [1.54, 1.807) is 6.20 Å². The van der Waals surface area contributed by atoms with Crippen LogP contribution >= 0.6 is 0 Å². The Kier molecular flexibility index (Phi) is 4.75. The topological polar surface area (TPSA) is 51.0 Å². The average molecular weight is 423 g/mol. The van der Waals surface area contributed by atoms with Gasteiger partial charge >= 0.3 is 0 Å². The lowest BCUT2D eigenvalue weighted by molar-refractivity contribution is -0.131. The van der Waals surface area contributed by atoms with Gasteiger partial charge in [0, 0.05) is 37.3 Å². The summed E-state index contributed by atoms with van der Waals surface area (Å²) in [5.41, 5.74) is 5.33. The maximum atomic E-state index is 12.5. The molecule has 5 nitrogen and oxygen atoms in total. The van der Waals surface area contributed by atoms with Gasteiger partial charge in [-0.1, -0.05) is 54.6 Å². The van der Waals surface area contributed by atoms with E-state index in [0.29, 0.717) is 17.7 Å². The van der Waals surface area contributed by atoms with Crippen molar-refractivity contribution >= 4 is 17.1 Å². The van der Waals surface area contributed by atoms with E-state index in [-0.39, 0.29) is 0 Å². The van der Waals surface area contributed by atoms with Crippen LogP contribution in [0.5, 0.6) is 0 Å². The molecule has 1 atom stereocenters. The second kappa shape index (κ2) is 7.90. The third-order valence-electron chi connectivity index (χ3n) is 6.74. The third-order valence-corrected chi connectivity index (χ3v) is 6.74. The number of carbonyl (C=O) groups is 1. The van der Waals surface area contributed by atoms with Crippen LogP contribution < -0.4 is 0 Å². The van der Waals surface area contributed by atoms with Gasteiger partial charge in [0.1, 0.15) is 5.82 Å². The highest BCUT2D eigenvalue weighted by Gasteiger charge is 2.36. The number of rotatable bonds is 5. The largest absolute Gasteiger partial charge is 0.342 e. The molecule has 0 bridgehead atoms. The predicted molar refractivity (Wildman–Crippen MR) is 126 cm³/mol. The number of nitrogens with zero attached hydrogens (tertiary/aromatic N) is 4. The molecule has 1 aliphatic carbocycles. The van der Waals surface area contributed by atoms with Gasteiger partial charge in [-0.15, -0.1) is 0 Å². The number of imidazole rings is 1. The monoisotopic (exact) mass is 422 g/mol. The molecular formula is C27H26N4O. The van der Waals surface area contributed by atoms with Crippen LogP contribution in [0.2, 0.25) is 0 Å². The Bertz CT molecular complexity index is 1260. The summed E-state index contributed by atoms with van der Waals surface area (Å²) in [5.74, 6) is 2.05. The van der Waals surface area contributed by atoms with Gasteiger partial charge in [0.15, 0.2) is 5.65 Å². The zero-order valence-electron chi connectivity index (χ0n) is 18.0. The molecule has 1 unspecified atom stereocenters. The molecule has 5 heteroatoms. The maximum Gasteiger partial charge on any atom is 0.225 e. The van der Waals surface area contributed by atoms with Crippen molar-refractivity contribution in [1.82, 2.24) is 19.4 Å². The highest BCUT2D eigenvalue weighted by Crippen LogP contribution is 2.34. The fourth-order valence-corrected chi connectivity index (χ4v) is 4.84. The molecule has 3 heterocycles. The Hall–Kier alpha value is -3.47. The first-order valence-corrected chi connectivity index (χ1v) is 11.5. The normalized spacial score (nSPS) is 18.4. The van der Waals surface area contributed by atoms with Gasteiger partial charge in [-0.05, 0) is 48.4 Å². The Morgan fingerprint density at radius 3 is 2.41 bits per heavy atom. The van der Waals surface area contributed by atoms with Crippen LogP contribution in [0.4, 0.5) is 0 Å². The van der Waals surface area contributed by atoms with Crippen molar-refractivity contribution in [2.45, 2.75) is 25.8 Å². The van der Waals surface area contributed by atoms with Crippen molar-refractivity contribution in [3.63, 3.8) is 0 Å². The number of pyridine rings is 1. The van der Waals surface area contributed by atoms with E-state index >= 15 is 0 Å². The summed E-state index contributed by atoms with van der Waals surface area (Å²) in [6.45, 7) is 2.58. The average Bonchev–Trinajstić information content (AvgIpc) is 3.49. The lowest BCUT2D eigenvalue weighted by Gasteiger charge is -2.17. The van der Waals surface area contributed by atoms with Crippen LogP contribution in [0.25, 0.3) is 33.7 Å². The fourth-order valence-electron chi connectivity index (χ4n) is 4.84. The number of carbonyl (C=O) groups excluding carboxylic acids is 1. The molecule has 2 aliphatic rings. The van der Waals surface area contributed by atoms with E-state index < -0.39 is 0 Å². The van der Waals surface area contributed by atoms with E-state index in [0.717, 1.165) is 61.4 Å². The van der Waals surface area contributed by atoms with Crippen molar-refractivity contribution in [1.29, 1.82) is 0 Å². The highest BCUT2D eigenvalue weighted by molar-refractivity contribution is 5.81. The number of hydrogen-bond donors (Lipinski definition) is 0. The van der Waals surface area contributed by atoms with Crippen LogP contribution in [-0.2, 0) is 11.3 Å². The quantitative estimate of drug-likeness (QED) is 0.454. The second-order valence-electron chi connectivity index (χ2n) is 9.05. The van der Waals surface area contributed by atoms with Crippen LogP contribution in [0.1, 0.15) is 19.3 Å². The van der Waals surface area contributed by atoms with Crippen molar-refractivity contribution < 1.29 is 4.79 Å². The molecule has 4 aromatic rings. The lowest BCUT2D eigenvalue weighted by Crippen LogP contribution is -2.30. The standard InChI is InChI=1S/C27H26N4O/c32-27(23-12-13-23)30-16-14-19(17-30)18-31-24-7-4-15-28-25(24)29-26(31)22-10-8-21(9-11-22)20-5-2-1-3-6-20/h1-11,15,19,23H,12-14,16-18H2. The van der Waals surface area contributed by atoms with Gasteiger partial charge in [0.05, 0.1) is 5.52 Å². The summed E-state index contributed by atoms with van der Waals surface area (Å²) in [7, 11) is 0. The number of fused-ring (bicyclic) bond motifs is 1. The minimum Gasteiger partial charge on any atom is -0.342 e. The molecule has 2 aromatic heterocycles. The lowest BCUT2D eigenvalue weighted by atomic mass is 10.0. The molecule has 1 amide bonds. The molecule has 0 radical (unpaired) electrons. The van der Waals surface area contributed by atoms with E-state index in [4.69, 9.17) is 4.98 Å². The van der Waals surface area contributed by atoms with E-state index in [2.05, 4.69) is 69.0 Å². The molecule has 1 saturated carbocycles. The van der Waals surface area contributed by atoms with Crippen molar-refractivity contribution in [3.8, 4) is 22.5 Å². The maximum absolute atomic E-state index is 12.5.